The molecule has 0 aliphatic carbocycles. The molecule has 0 heterocycles. The fourth-order valence-electron chi connectivity index (χ4n) is 1.24. The fourth-order valence-corrected chi connectivity index (χ4v) is 2.74. The van der Waals surface area contributed by atoms with E-state index in [0.717, 1.165) is 0 Å². The van der Waals surface area contributed by atoms with Gasteiger partial charge in [-0.05, 0) is 6.42 Å². The van der Waals surface area contributed by atoms with Gasteiger partial charge in [0.05, 0.1) is 5.75 Å². The first-order valence-corrected chi connectivity index (χ1v) is 6.80. The highest BCUT2D eigenvalue weighted by Crippen LogP contribution is 2.23. The van der Waals surface area contributed by atoms with Crippen LogP contribution in [-0.4, -0.2) is 50.5 Å². The highest BCUT2D eigenvalue weighted by molar-refractivity contribution is 7.89. The van der Waals surface area contributed by atoms with E-state index in [1.807, 2.05) is 0 Å². The van der Waals surface area contributed by atoms with Gasteiger partial charge in [-0.15, -0.1) is 0 Å². The molecular weight excluding hydrogens is 302 g/mol. The van der Waals surface area contributed by atoms with Crippen LogP contribution in [0.4, 0.5) is 26.3 Å². The zero-order valence-corrected chi connectivity index (χ0v) is 10.6. The van der Waals surface area contributed by atoms with Crippen molar-refractivity contribution >= 4 is 10.0 Å². The van der Waals surface area contributed by atoms with Gasteiger partial charge in [0.25, 0.3) is 0 Å². The zero-order valence-electron chi connectivity index (χ0n) is 9.76. The molecule has 0 saturated heterocycles. The standard InChI is InChI=1S/C8H14F6N2O2S/c9-7(10,11)2-1-5-19(17,18)16(4-3-15)6-8(12,13)14/h1-6,15H2. The second-order valence-electron chi connectivity index (χ2n) is 3.77. The van der Waals surface area contributed by atoms with Crippen LogP contribution in [0, 0.1) is 0 Å². The lowest BCUT2D eigenvalue weighted by molar-refractivity contribution is -0.137. The van der Waals surface area contributed by atoms with E-state index in [1.54, 1.807) is 0 Å². The van der Waals surface area contributed by atoms with Crippen molar-refractivity contribution < 1.29 is 34.8 Å². The molecule has 0 unspecified atom stereocenters. The predicted octanol–water partition coefficient (Wildman–Crippen LogP) is 1.48. The molecule has 0 atom stereocenters. The van der Waals surface area contributed by atoms with Crippen molar-refractivity contribution in [1.29, 1.82) is 0 Å². The summed E-state index contributed by atoms with van der Waals surface area (Å²) in [5, 5.41) is 0. The van der Waals surface area contributed by atoms with Crippen LogP contribution < -0.4 is 5.73 Å². The zero-order chi connectivity index (χ0) is 15.3. The molecule has 0 aliphatic rings. The van der Waals surface area contributed by atoms with Gasteiger partial charge in [0, 0.05) is 19.5 Å². The van der Waals surface area contributed by atoms with Gasteiger partial charge in [-0.2, -0.15) is 30.6 Å². The van der Waals surface area contributed by atoms with Crippen molar-refractivity contribution in [2.75, 3.05) is 25.4 Å². The second kappa shape index (κ2) is 6.75. The quantitative estimate of drug-likeness (QED) is 0.724. The number of nitrogens with zero attached hydrogens (tertiary/aromatic N) is 1. The molecular formula is C8H14F6N2O2S. The molecule has 0 bridgehead atoms. The topological polar surface area (TPSA) is 63.4 Å². The number of hydrogen-bond donors (Lipinski definition) is 1. The number of alkyl halides is 6. The number of halogens is 6. The fraction of sp³-hybridized carbons (Fsp3) is 1.00. The number of nitrogens with two attached hydrogens (primary N) is 1. The molecule has 116 valence electrons. The van der Waals surface area contributed by atoms with E-state index in [0.29, 0.717) is 0 Å². The molecule has 0 aliphatic heterocycles. The van der Waals surface area contributed by atoms with Crippen molar-refractivity contribution in [3.63, 3.8) is 0 Å². The average Bonchev–Trinajstić information content (AvgIpc) is 2.12. The summed E-state index contributed by atoms with van der Waals surface area (Å²) >= 11 is 0. The van der Waals surface area contributed by atoms with Gasteiger partial charge in [-0.25, -0.2) is 8.42 Å². The van der Waals surface area contributed by atoms with E-state index < -0.39 is 54.1 Å². The monoisotopic (exact) mass is 316 g/mol. The second-order valence-corrected chi connectivity index (χ2v) is 5.86. The summed E-state index contributed by atoms with van der Waals surface area (Å²) in [4.78, 5) is 0. The van der Waals surface area contributed by atoms with Crippen LogP contribution in [0.2, 0.25) is 0 Å². The van der Waals surface area contributed by atoms with Crippen LogP contribution in [0.5, 0.6) is 0 Å². The van der Waals surface area contributed by atoms with E-state index in [1.165, 1.54) is 0 Å². The number of sulfonamides is 1. The average molecular weight is 316 g/mol. The molecule has 11 heteroatoms. The molecule has 0 fully saturated rings. The maximum atomic E-state index is 12.1. The third-order valence-electron chi connectivity index (χ3n) is 1.99. The molecule has 4 nitrogen and oxygen atoms in total. The summed E-state index contributed by atoms with van der Waals surface area (Å²) in [6.45, 7) is -2.69. The summed E-state index contributed by atoms with van der Waals surface area (Å²) in [5.41, 5.74) is 4.99. The van der Waals surface area contributed by atoms with E-state index in [4.69, 9.17) is 5.73 Å². The van der Waals surface area contributed by atoms with Gasteiger partial charge < -0.3 is 5.73 Å². The summed E-state index contributed by atoms with van der Waals surface area (Å²) in [7, 11) is -4.41. The molecule has 19 heavy (non-hydrogen) atoms. The third-order valence-corrected chi connectivity index (χ3v) is 3.89. The maximum absolute atomic E-state index is 12.1. The van der Waals surface area contributed by atoms with Crippen molar-refractivity contribution in [2.24, 2.45) is 5.73 Å². The maximum Gasteiger partial charge on any atom is 0.402 e. The smallest absolute Gasteiger partial charge is 0.329 e. The Kier molecular flexibility index (Phi) is 6.55. The Morgan fingerprint density at radius 1 is 1.00 bits per heavy atom. The van der Waals surface area contributed by atoms with Gasteiger partial charge in [-0.3, -0.25) is 0 Å². The summed E-state index contributed by atoms with van der Waals surface area (Å²) in [5.74, 6) is -0.997. The summed E-state index contributed by atoms with van der Waals surface area (Å²) < 4.78 is 95.0. The summed E-state index contributed by atoms with van der Waals surface area (Å²) in [6.07, 6.45) is -11.5. The largest absolute Gasteiger partial charge is 0.402 e. The Bertz CT molecular complexity index is 364. The lowest BCUT2D eigenvalue weighted by Gasteiger charge is -2.22. The van der Waals surface area contributed by atoms with Crippen molar-refractivity contribution in [2.45, 2.75) is 25.2 Å². The lowest BCUT2D eigenvalue weighted by Crippen LogP contribution is -2.42. The Morgan fingerprint density at radius 3 is 1.89 bits per heavy atom. The first-order valence-electron chi connectivity index (χ1n) is 5.19. The Morgan fingerprint density at radius 2 is 1.53 bits per heavy atom. The van der Waals surface area contributed by atoms with Gasteiger partial charge in [0.1, 0.15) is 6.54 Å². The lowest BCUT2D eigenvalue weighted by atomic mass is 10.3. The molecule has 0 aromatic rings. The van der Waals surface area contributed by atoms with Crippen molar-refractivity contribution in [1.82, 2.24) is 4.31 Å². The Hall–Kier alpha value is -0.550. The third kappa shape index (κ3) is 9.05. The minimum absolute atomic E-state index is 0.0589. The number of hydrogen-bond acceptors (Lipinski definition) is 3. The van der Waals surface area contributed by atoms with E-state index in [2.05, 4.69) is 0 Å². The van der Waals surface area contributed by atoms with Gasteiger partial charge in [0.2, 0.25) is 10.0 Å². The highest BCUT2D eigenvalue weighted by atomic mass is 32.2. The van der Waals surface area contributed by atoms with Crippen LogP contribution in [0.25, 0.3) is 0 Å². The minimum atomic E-state index is -4.77. The molecule has 0 aromatic heterocycles. The van der Waals surface area contributed by atoms with E-state index in [-0.39, 0.29) is 10.8 Å². The molecule has 0 rings (SSSR count). The van der Waals surface area contributed by atoms with Crippen LogP contribution in [0.15, 0.2) is 0 Å². The van der Waals surface area contributed by atoms with Crippen LogP contribution in [0.1, 0.15) is 12.8 Å². The van der Waals surface area contributed by atoms with Crippen LogP contribution in [-0.2, 0) is 10.0 Å². The van der Waals surface area contributed by atoms with Gasteiger partial charge >= 0.3 is 12.4 Å². The first kappa shape index (κ1) is 18.4. The molecule has 0 amide bonds. The molecule has 0 spiro atoms. The summed E-state index contributed by atoms with van der Waals surface area (Å²) in [6, 6.07) is 0. The SMILES string of the molecule is NCCN(CC(F)(F)F)S(=O)(=O)CCCC(F)(F)F. The molecule has 0 radical (unpaired) electrons. The Balaban J connectivity index is 4.62. The molecule has 2 N–H and O–H groups in total. The highest BCUT2D eigenvalue weighted by Gasteiger charge is 2.36. The van der Waals surface area contributed by atoms with E-state index >= 15 is 0 Å². The van der Waals surface area contributed by atoms with Crippen molar-refractivity contribution in [3.8, 4) is 0 Å². The van der Waals surface area contributed by atoms with Gasteiger partial charge in [0.15, 0.2) is 0 Å². The number of rotatable bonds is 7. The molecule has 0 aromatic carbocycles. The predicted molar refractivity (Wildman–Crippen MR) is 55.8 cm³/mol. The van der Waals surface area contributed by atoms with Gasteiger partial charge in [-0.1, -0.05) is 0 Å². The molecule has 0 saturated carbocycles. The van der Waals surface area contributed by atoms with E-state index in [9.17, 15) is 34.8 Å². The first-order chi connectivity index (χ1) is 8.37. The normalized spacial score (nSPS) is 14.1. The van der Waals surface area contributed by atoms with Crippen LogP contribution in [0.3, 0.4) is 0 Å². The van der Waals surface area contributed by atoms with Crippen LogP contribution >= 0.6 is 0 Å². The Labute approximate surface area is 106 Å². The van der Waals surface area contributed by atoms with Crippen molar-refractivity contribution in [3.05, 3.63) is 0 Å². The minimum Gasteiger partial charge on any atom is -0.329 e.